The molecule has 1 aliphatic rings. The van der Waals surface area contributed by atoms with Crippen LogP contribution in [-0.2, 0) is 4.74 Å². The van der Waals surface area contributed by atoms with E-state index in [1.807, 2.05) is 0 Å². The summed E-state index contributed by atoms with van der Waals surface area (Å²) >= 11 is 0. The lowest BCUT2D eigenvalue weighted by molar-refractivity contribution is 0.139. The minimum absolute atomic E-state index is 0.861. The standard InChI is InChI=1S/C7H16N2O.C7H16.C3H8/c1-10-7-6-9-4-2-8-3-5-9;1-4-5-6-7(2)3;1-3-2/h8H,2-7H2,1H3;7H,4-6H2,1-3H3;3H2,1-2H3. The van der Waals surface area contributed by atoms with Crippen LogP contribution in [0.15, 0.2) is 0 Å². The number of ether oxygens (including phenoxy) is 1. The van der Waals surface area contributed by atoms with Gasteiger partial charge in [0.2, 0.25) is 0 Å². The van der Waals surface area contributed by atoms with E-state index in [1.54, 1.807) is 7.11 Å². The van der Waals surface area contributed by atoms with Gasteiger partial charge in [-0.05, 0) is 5.92 Å². The van der Waals surface area contributed by atoms with Crippen molar-refractivity contribution in [1.29, 1.82) is 0 Å². The molecule has 0 aliphatic carbocycles. The maximum absolute atomic E-state index is 4.98. The van der Waals surface area contributed by atoms with Crippen LogP contribution in [0.2, 0.25) is 0 Å². The summed E-state index contributed by atoms with van der Waals surface area (Å²) < 4.78 is 4.98. The molecule has 0 aromatic carbocycles. The molecule has 0 aromatic rings. The summed E-state index contributed by atoms with van der Waals surface area (Å²) in [5.74, 6) is 0.903. The number of rotatable bonds is 6. The number of nitrogens with zero attached hydrogens (tertiary/aromatic N) is 1. The van der Waals surface area contributed by atoms with Gasteiger partial charge in [-0.2, -0.15) is 0 Å². The first-order chi connectivity index (χ1) is 9.62. The van der Waals surface area contributed by atoms with Crippen LogP contribution in [0.5, 0.6) is 0 Å². The van der Waals surface area contributed by atoms with Gasteiger partial charge in [0.05, 0.1) is 6.61 Å². The monoisotopic (exact) mass is 288 g/mol. The van der Waals surface area contributed by atoms with Crippen LogP contribution in [0.1, 0.15) is 60.3 Å². The van der Waals surface area contributed by atoms with Gasteiger partial charge in [0, 0.05) is 39.8 Å². The summed E-state index contributed by atoms with van der Waals surface area (Å²) in [7, 11) is 1.75. The smallest absolute Gasteiger partial charge is 0.0589 e. The van der Waals surface area contributed by atoms with Gasteiger partial charge in [0.15, 0.2) is 0 Å². The molecule has 3 heteroatoms. The Morgan fingerprint density at radius 2 is 1.65 bits per heavy atom. The minimum Gasteiger partial charge on any atom is -0.383 e. The molecule has 0 radical (unpaired) electrons. The van der Waals surface area contributed by atoms with Crippen molar-refractivity contribution in [2.45, 2.75) is 60.3 Å². The first-order valence-corrected chi connectivity index (χ1v) is 8.54. The van der Waals surface area contributed by atoms with E-state index >= 15 is 0 Å². The molecule has 0 bridgehead atoms. The van der Waals surface area contributed by atoms with E-state index in [0.717, 1.165) is 32.2 Å². The highest BCUT2D eigenvalue weighted by molar-refractivity contribution is 4.66. The third-order valence-electron chi connectivity index (χ3n) is 2.96. The molecule has 20 heavy (non-hydrogen) atoms. The number of hydrogen-bond acceptors (Lipinski definition) is 3. The lowest BCUT2D eigenvalue weighted by atomic mass is 10.1. The van der Waals surface area contributed by atoms with Crippen LogP contribution in [0.4, 0.5) is 0 Å². The zero-order valence-corrected chi connectivity index (χ0v) is 15.0. The zero-order valence-electron chi connectivity index (χ0n) is 15.0. The summed E-state index contributed by atoms with van der Waals surface area (Å²) in [4.78, 5) is 2.42. The molecule has 124 valence electrons. The predicted molar refractivity (Wildman–Crippen MR) is 91.5 cm³/mol. The van der Waals surface area contributed by atoms with E-state index in [0.29, 0.717) is 0 Å². The molecule has 1 rings (SSSR count). The van der Waals surface area contributed by atoms with Gasteiger partial charge >= 0.3 is 0 Å². The van der Waals surface area contributed by atoms with Crippen LogP contribution >= 0.6 is 0 Å². The molecule has 1 heterocycles. The van der Waals surface area contributed by atoms with E-state index in [9.17, 15) is 0 Å². The number of unbranched alkanes of at least 4 members (excludes halogenated alkanes) is 1. The van der Waals surface area contributed by atoms with Crippen LogP contribution in [0, 0.1) is 5.92 Å². The van der Waals surface area contributed by atoms with E-state index < -0.39 is 0 Å². The lowest BCUT2D eigenvalue weighted by Crippen LogP contribution is -2.44. The second-order valence-electron chi connectivity index (χ2n) is 5.83. The molecule has 0 unspecified atom stereocenters. The van der Waals surface area contributed by atoms with Gasteiger partial charge in [-0.1, -0.05) is 60.3 Å². The molecule has 1 fully saturated rings. The van der Waals surface area contributed by atoms with Crippen molar-refractivity contribution in [2.24, 2.45) is 5.92 Å². The van der Waals surface area contributed by atoms with E-state index in [4.69, 9.17) is 4.74 Å². The summed E-state index contributed by atoms with van der Waals surface area (Å²) in [6, 6.07) is 0. The van der Waals surface area contributed by atoms with Crippen molar-refractivity contribution in [2.75, 3.05) is 46.4 Å². The van der Waals surface area contributed by atoms with Crippen LogP contribution in [-0.4, -0.2) is 51.3 Å². The molecule has 0 atom stereocenters. The highest BCUT2D eigenvalue weighted by Crippen LogP contribution is 2.04. The second kappa shape index (κ2) is 18.9. The van der Waals surface area contributed by atoms with E-state index in [2.05, 4.69) is 44.8 Å². The summed E-state index contributed by atoms with van der Waals surface area (Å²) in [5.41, 5.74) is 0. The first kappa shape index (κ1) is 22.2. The highest BCUT2D eigenvalue weighted by atomic mass is 16.5. The van der Waals surface area contributed by atoms with E-state index in [1.165, 1.54) is 38.8 Å². The number of piperazine rings is 1. The molecule has 3 nitrogen and oxygen atoms in total. The van der Waals surface area contributed by atoms with Crippen molar-refractivity contribution in [3.8, 4) is 0 Å². The SMILES string of the molecule is CCC.CCCCC(C)C.COCCN1CCNCC1. The third kappa shape index (κ3) is 20.2. The average molecular weight is 289 g/mol. The predicted octanol–water partition coefficient (Wildman–Crippen LogP) is 3.79. The molecule has 0 amide bonds. The molecule has 1 aliphatic heterocycles. The van der Waals surface area contributed by atoms with Crippen molar-refractivity contribution in [3.05, 3.63) is 0 Å². The van der Waals surface area contributed by atoms with Crippen LogP contribution in [0.3, 0.4) is 0 Å². The summed E-state index contributed by atoms with van der Waals surface area (Å²) in [6.45, 7) is 17.6. The topological polar surface area (TPSA) is 24.5 Å². The highest BCUT2D eigenvalue weighted by Gasteiger charge is 2.07. The van der Waals surface area contributed by atoms with Gasteiger partial charge in [0.1, 0.15) is 0 Å². The first-order valence-electron chi connectivity index (χ1n) is 8.54. The number of nitrogens with one attached hydrogen (secondary N) is 1. The Morgan fingerprint density at radius 3 is 2.00 bits per heavy atom. The lowest BCUT2D eigenvalue weighted by Gasteiger charge is -2.26. The molecule has 0 saturated carbocycles. The molecule has 0 aromatic heterocycles. The molecular formula is C17H40N2O. The van der Waals surface area contributed by atoms with Gasteiger partial charge in [-0.25, -0.2) is 0 Å². The van der Waals surface area contributed by atoms with Crippen molar-refractivity contribution >= 4 is 0 Å². The van der Waals surface area contributed by atoms with Gasteiger partial charge in [-0.15, -0.1) is 0 Å². The Morgan fingerprint density at radius 1 is 1.10 bits per heavy atom. The van der Waals surface area contributed by atoms with Gasteiger partial charge in [0.25, 0.3) is 0 Å². The average Bonchev–Trinajstić information content (AvgIpc) is 2.45. The van der Waals surface area contributed by atoms with Gasteiger partial charge < -0.3 is 10.1 Å². The largest absolute Gasteiger partial charge is 0.383 e. The third-order valence-corrected chi connectivity index (χ3v) is 2.96. The summed E-state index contributed by atoms with van der Waals surface area (Å²) in [5, 5.41) is 3.31. The quantitative estimate of drug-likeness (QED) is 0.805. The van der Waals surface area contributed by atoms with Crippen molar-refractivity contribution < 1.29 is 4.74 Å². The normalized spacial score (nSPS) is 15.2. The Kier molecular flexibility index (Phi) is 20.9. The Labute approximate surface area is 128 Å². The number of methoxy groups -OCH3 is 1. The van der Waals surface area contributed by atoms with Crippen molar-refractivity contribution in [1.82, 2.24) is 10.2 Å². The fourth-order valence-electron chi connectivity index (χ4n) is 1.77. The molecule has 1 saturated heterocycles. The summed E-state index contributed by atoms with van der Waals surface area (Å²) in [6.07, 6.45) is 5.40. The fraction of sp³-hybridized carbons (Fsp3) is 1.00. The molecule has 1 N–H and O–H groups in total. The fourth-order valence-corrected chi connectivity index (χ4v) is 1.77. The zero-order chi connectivity index (χ0) is 15.6. The van der Waals surface area contributed by atoms with Crippen LogP contribution < -0.4 is 5.32 Å². The van der Waals surface area contributed by atoms with E-state index in [-0.39, 0.29) is 0 Å². The maximum atomic E-state index is 4.98. The molecule has 0 spiro atoms. The number of hydrogen-bond donors (Lipinski definition) is 1. The van der Waals surface area contributed by atoms with Crippen LogP contribution in [0.25, 0.3) is 0 Å². The molecular weight excluding hydrogens is 248 g/mol. The maximum Gasteiger partial charge on any atom is 0.0589 e. The second-order valence-corrected chi connectivity index (χ2v) is 5.83. The van der Waals surface area contributed by atoms with Crippen molar-refractivity contribution in [3.63, 3.8) is 0 Å². The Bertz CT molecular complexity index is 157. The Balaban J connectivity index is 0. The Hall–Kier alpha value is -0.120. The minimum atomic E-state index is 0.861. The van der Waals surface area contributed by atoms with Gasteiger partial charge in [-0.3, -0.25) is 4.90 Å².